The highest BCUT2D eigenvalue weighted by molar-refractivity contribution is 5.79. The monoisotopic (exact) mass is 324 g/mol. The average molecular weight is 324 g/mol. The second kappa shape index (κ2) is 7.55. The van der Waals surface area contributed by atoms with Crippen LogP contribution in [0.3, 0.4) is 0 Å². The number of aromatic nitrogens is 1. The van der Waals surface area contributed by atoms with Crippen LogP contribution >= 0.6 is 0 Å². The molecule has 0 atom stereocenters. The van der Waals surface area contributed by atoms with Crippen LogP contribution in [0, 0.1) is 5.82 Å². The minimum atomic E-state index is -0.289. The van der Waals surface area contributed by atoms with Crippen LogP contribution in [-0.4, -0.2) is 11.2 Å². The molecule has 4 nitrogen and oxygen atoms in total. The molecular formula is C19H17FN2O2. The first-order valence-electron chi connectivity index (χ1n) is 7.69. The molecule has 0 aliphatic carbocycles. The molecule has 122 valence electrons. The zero-order valence-electron chi connectivity index (χ0n) is 13.3. The molecule has 0 saturated heterocycles. The number of rotatable bonds is 6. The molecule has 1 aromatic heterocycles. The van der Waals surface area contributed by atoms with E-state index in [4.69, 9.17) is 9.25 Å². The predicted molar refractivity (Wildman–Crippen MR) is 90.1 cm³/mol. The van der Waals surface area contributed by atoms with E-state index in [1.165, 1.54) is 17.7 Å². The van der Waals surface area contributed by atoms with Crippen molar-refractivity contribution in [2.45, 2.75) is 20.0 Å². The Morgan fingerprint density at radius 2 is 1.88 bits per heavy atom. The maximum atomic E-state index is 12.9. The molecule has 0 radical (unpaired) electrons. The fourth-order valence-electron chi connectivity index (χ4n) is 2.15. The number of oxazole rings is 1. The molecule has 0 aliphatic rings. The maximum Gasteiger partial charge on any atom is 0.235 e. The highest BCUT2D eigenvalue weighted by atomic mass is 19.1. The van der Waals surface area contributed by atoms with E-state index in [0.717, 1.165) is 17.5 Å². The van der Waals surface area contributed by atoms with Gasteiger partial charge in [0, 0.05) is 5.56 Å². The van der Waals surface area contributed by atoms with Gasteiger partial charge in [0.05, 0.1) is 12.4 Å². The van der Waals surface area contributed by atoms with Crippen molar-refractivity contribution in [3.05, 3.63) is 77.6 Å². The molecule has 0 amide bonds. The Labute approximate surface area is 139 Å². The van der Waals surface area contributed by atoms with Crippen molar-refractivity contribution in [3.8, 4) is 11.3 Å². The highest BCUT2D eigenvalue weighted by Crippen LogP contribution is 2.20. The Kier molecular flexibility index (Phi) is 5.01. The molecular weight excluding hydrogens is 307 g/mol. The van der Waals surface area contributed by atoms with Gasteiger partial charge in [0.2, 0.25) is 5.89 Å². The second-order valence-corrected chi connectivity index (χ2v) is 5.23. The van der Waals surface area contributed by atoms with E-state index in [1.807, 2.05) is 12.1 Å². The molecule has 0 saturated carbocycles. The molecule has 0 bridgehead atoms. The predicted octanol–water partition coefficient (Wildman–Crippen LogP) is 4.59. The smallest absolute Gasteiger partial charge is 0.235 e. The summed E-state index contributed by atoms with van der Waals surface area (Å²) in [4.78, 5) is 9.32. The fourth-order valence-corrected chi connectivity index (χ4v) is 2.15. The van der Waals surface area contributed by atoms with Crippen LogP contribution in [0.5, 0.6) is 0 Å². The topological polar surface area (TPSA) is 47.6 Å². The lowest BCUT2D eigenvalue weighted by molar-refractivity contribution is 0.113. The molecule has 2 aromatic carbocycles. The summed E-state index contributed by atoms with van der Waals surface area (Å²) in [6.45, 7) is 2.24. The summed E-state index contributed by atoms with van der Waals surface area (Å²) in [5, 5.41) is 3.91. The van der Waals surface area contributed by atoms with Crippen LogP contribution in [0.4, 0.5) is 4.39 Å². The van der Waals surface area contributed by atoms with Gasteiger partial charge >= 0.3 is 0 Å². The third kappa shape index (κ3) is 4.07. The van der Waals surface area contributed by atoms with Crippen molar-refractivity contribution in [3.63, 3.8) is 0 Å². The third-order valence-electron chi connectivity index (χ3n) is 3.53. The summed E-state index contributed by atoms with van der Waals surface area (Å²) in [5.74, 6) is 0.684. The summed E-state index contributed by atoms with van der Waals surface area (Å²) in [6.07, 6.45) is 4.23. The van der Waals surface area contributed by atoms with Gasteiger partial charge in [-0.15, -0.1) is 0 Å². The first kappa shape index (κ1) is 15.9. The zero-order valence-corrected chi connectivity index (χ0v) is 13.3. The lowest BCUT2D eigenvalue weighted by atomic mass is 10.1. The Morgan fingerprint density at radius 3 is 2.58 bits per heavy atom. The van der Waals surface area contributed by atoms with Gasteiger partial charge in [-0.25, -0.2) is 9.37 Å². The average Bonchev–Trinajstić information content (AvgIpc) is 3.09. The maximum absolute atomic E-state index is 12.9. The fraction of sp³-hybridized carbons (Fsp3) is 0.158. The molecule has 1 heterocycles. The normalized spacial score (nSPS) is 11.1. The molecule has 3 rings (SSSR count). The Balaban J connectivity index is 1.55. The van der Waals surface area contributed by atoms with Crippen molar-refractivity contribution in [1.82, 2.24) is 4.98 Å². The van der Waals surface area contributed by atoms with Gasteiger partial charge in [-0.05, 0) is 41.8 Å². The van der Waals surface area contributed by atoms with Crippen LogP contribution in [0.25, 0.3) is 11.3 Å². The molecule has 0 aliphatic heterocycles. The molecule has 3 aromatic rings. The van der Waals surface area contributed by atoms with E-state index in [2.05, 4.69) is 29.2 Å². The summed E-state index contributed by atoms with van der Waals surface area (Å²) in [5.41, 5.74) is 3.00. The number of hydrogen-bond acceptors (Lipinski definition) is 4. The Hall–Kier alpha value is -2.95. The Bertz CT molecular complexity index is 808. The number of oxime groups is 1. The molecule has 5 heteroatoms. The number of hydrogen-bond donors (Lipinski definition) is 0. The van der Waals surface area contributed by atoms with Crippen molar-refractivity contribution >= 4 is 6.21 Å². The van der Waals surface area contributed by atoms with E-state index < -0.39 is 0 Å². The first-order chi connectivity index (χ1) is 11.7. The van der Waals surface area contributed by atoms with E-state index in [1.54, 1.807) is 24.5 Å². The van der Waals surface area contributed by atoms with Gasteiger partial charge in [-0.2, -0.15) is 0 Å². The van der Waals surface area contributed by atoms with Crippen LogP contribution in [-0.2, 0) is 17.9 Å². The van der Waals surface area contributed by atoms with Gasteiger partial charge < -0.3 is 9.25 Å². The second-order valence-electron chi connectivity index (χ2n) is 5.23. The lowest BCUT2D eigenvalue weighted by Gasteiger charge is -1.98. The number of halogens is 1. The molecule has 0 spiro atoms. The van der Waals surface area contributed by atoms with Crippen LogP contribution in [0.1, 0.15) is 23.9 Å². The van der Waals surface area contributed by atoms with Crippen molar-refractivity contribution in [2.75, 3.05) is 0 Å². The molecule has 0 N–H and O–H groups in total. The molecule has 0 fully saturated rings. The van der Waals surface area contributed by atoms with Gasteiger partial charge in [0.1, 0.15) is 5.82 Å². The third-order valence-corrected chi connectivity index (χ3v) is 3.53. The first-order valence-corrected chi connectivity index (χ1v) is 7.69. The molecule has 24 heavy (non-hydrogen) atoms. The van der Waals surface area contributed by atoms with Gasteiger partial charge in [0.25, 0.3) is 0 Å². The number of aryl methyl sites for hydroxylation is 1. The van der Waals surface area contributed by atoms with Crippen molar-refractivity contribution < 1.29 is 13.6 Å². The zero-order chi connectivity index (χ0) is 16.8. The van der Waals surface area contributed by atoms with Gasteiger partial charge in [0.15, 0.2) is 12.4 Å². The summed E-state index contributed by atoms with van der Waals surface area (Å²) >= 11 is 0. The molecule has 0 unspecified atom stereocenters. The van der Waals surface area contributed by atoms with E-state index >= 15 is 0 Å². The summed E-state index contributed by atoms with van der Waals surface area (Å²) in [7, 11) is 0. The van der Waals surface area contributed by atoms with Crippen LogP contribution in [0.2, 0.25) is 0 Å². The van der Waals surface area contributed by atoms with Crippen LogP contribution < -0.4 is 0 Å². The summed E-state index contributed by atoms with van der Waals surface area (Å²) < 4.78 is 18.5. The van der Waals surface area contributed by atoms with Gasteiger partial charge in [-0.1, -0.05) is 36.3 Å². The number of benzene rings is 2. The van der Waals surface area contributed by atoms with Crippen LogP contribution in [0.15, 0.2) is 64.3 Å². The van der Waals surface area contributed by atoms with Crippen molar-refractivity contribution in [2.24, 2.45) is 5.16 Å². The largest absolute Gasteiger partial charge is 0.437 e. The van der Waals surface area contributed by atoms with Gasteiger partial charge in [-0.3, -0.25) is 0 Å². The Morgan fingerprint density at radius 1 is 1.12 bits per heavy atom. The van der Waals surface area contributed by atoms with E-state index in [-0.39, 0.29) is 12.4 Å². The minimum absolute atomic E-state index is 0.130. The minimum Gasteiger partial charge on any atom is -0.437 e. The summed E-state index contributed by atoms with van der Waals surface area (Å²) in [6, 6.07) is 14.1. The highest BCUT2D eigenvalue weighted by Gasteiger charge is 2.06. The van der Waals surface area contributed by atoms with Crippen molar-refractivity contribution in [1.29, 1.82) is 0 Å². The standard InChI is InChI=1S/C19H17FN2O2/c1-2-14-3-5-15(6-4-14)11-22-23-13-19-21-12-18(24-19)16-7-9-17(20)10-8-16/h3-12H,2,13H2,1H3/b22-11-. The number of nitrogens with zero attached hydrogens (tertiary/aromatic N) is 2. The van der Waals surface area contributed by atoms with E-state index in [9.17, 15) is 4.39 Å². The SMILES string of the molecule is CCc1ccc(/C=N\OCc2ncc(-c3ccc(F)cc3)o2)cc1. The van der Waals surface area contributed by atoms with E-state index in [0.29, 0.717) is 11.7 Å². The quantitative estimate of drug-likeness (QED) is 0.492. The lowest BCUT2D eigenvalue weighted by Crippen LogP contribution is -1.88.